The molecule has 6 heteroatoms. The second kappa shape index (κ2) is 6.89. The SMILES string of the molecule is c1cc(CN2CCC[C@H]2c2nnn3cc(-c4ccncc4)ccc23)ccn1. The van der Waals surface area contributed by atoms with Crippen molar-refractivity contribution in [3.8, 4) is 11.1 Å². The Hall–Kier alpha value is -3.12. The van der Waals surface area contributed by atoms with E-state index in [0.29, 0.717) is 6.04 Å². The summed E-state index contributed by atoms with van der Waals surface area (Å²) < 4.78 is 1.90. The molecule has 4 aromatic heterocycles. The minimum Gasteiger partial charge on any atom is -0.290 e. The van der Waals surface area contributed by atoms with Crippen LogP contribution in [0.4, 0.5) is 0 Å². The highest BCUT2D eigenvalue weighted by molar-refractivity contribution is 5.65. The van der Waals surface area contributed by atoms with Crippen molar-refractivity contribution in [1.29, 1.82) is 0 Å². The molecular weight excluding hydrogens is 336 g/mol. The van der Waals surface area contributed by atoms with Gasteiger partial charge < -0.3 is 0 Å². The Bertz CT molecular complexity index is 1040. The molecule has 134 valence electrons. The zero-order valence-corrected chi connectivity index (χ0v) is 14.9. The van der Waals surface area contributed by atoms with Crippen LogP contribution in [0.15, 0.2) is 67.4 Å². The lowest BCUT2D eigenvalue weighted by Crippen LogP contribution is -2.23. The third-order valence-corrected chi connectivity index (χ3v) is 5.27. The van der Waals surface area contributed by atoms with Crippen molar-refractivity contribution in [1.82, 2.24) is 29.7 Å². The summed E-state index contributed by atoms with van der Waals surface area (Å²) in [7, 11) is 0. The normalized spacial score (nSPS) is 17.6. The van der Waals surface area contributed by atoms with E-state index in [1.54, 1.807) is 0 Å². The molecule has 0 unspecified atom stereocenters. The maximum absolute atomic E-state index is 4.55. The minimum absolute atomic E-state index is 0.308. The molecule has 27 heavy (non-hydrogen) atoms. The van der Waals surface area contributed by atoms with Crippen LogP contribution < -0.4 is 0 Å². The van der Waals surface area contributed by atoms with E-state index < -0.39 is 0 Å². The number of nitrogens with zero attached hydrogens (tertiary/aromatic N) is 6. The summed E-state index contributed by atoms with van der Waals surface area (Å²) >= 11 is 0. The average Bonchev–Trinajstić information content (AvgIpc) is 3.35. The minimum atomic E-state index is 0.308. The Balaban J connectivity index is 1.46. The monoisotopic (exact) mass is 356 g/mol. The number of rotatable bonds is 4. The molecule has 0 aliphatic carbocycles. The van der Waals surface area contributed by atoms with Crippen LogP contribution in [-0.2, 0) is 6.54 Å². The van der Waals surface area contributed by atoms with Crippen molar-refractivity contribution in [2.45, 2.75) is 25.4 Å². The Labute approximate surface area is 157 Å². The summed E-state index contributed by atoms with van der Waals surface area (Å²) in [6.45, 7) is 2.00. The van der Waals surface area contributed by atoms with Crippen molar-refractivity contribution >= 4 is 5.52 Å². The van der Waals surface area contributed by atoms with Crippen LogP contribution in [0.25, 0.3) is 16.6 Å². The summed E-state index contributed by atoms with van der Waals surface area (Å²) in [5.41, 5.74) is 5.68. The highest BCUT2D eigenvalue weighted by atomic mass is 15.4. The van der Waals surface area contributed by atoms with Gasteiger partial charge in [-0.25, -0.2) is 4.52 Å². The van der Waals surface area contributed by atoms with Gasteiger partial charge in [0.05, 0.1) is 11.6 Å². The van der Waals surface area contributed by atoms with E-state index in [4.69, 9.17) is 0 Å². The van der Waals surface area contributed by atoms with Crippen molar-refractivity contribution in [3.05, 3.63) is 78.6 Å². The van der Waals surface area contributed by atoms with Crippen LogP contribution in [0, 0.1) is 0 Å². The van der Waals surface area contributed by atoms with Gasteiger partial charge in [0.2, 0.25) is 0 Å². The molecule has 1 fully saturated rings. The molecule has 4 aromatic rings. The Morgan fingerprint density at radius 2 is 1.67 bits per heavy atom. The number of fused-ring (bicyclic) bond motifs is 1. The summed E-state index contributed by atoms with van der Waals surface area (Å²) in [5, 5.41) is 8.96. The van der Waals surface area contributed by atoms with Crippen LogP contribution in [0.2, 0.25) is 0 Å². The molecule has 1 saturated heterocycles. The average molecular weight is 356 g/mol. The van der Waals surface area contributed by atoms with Gasteiger partial charge in [-0.05, 0) is 60.8 Å². The van der Waals surface area contributed by atoms with Crippen LogP contribution in [0.5, 0.6) is 0 Å². The molecule has 0 N–H and O–H groups in total. The van der Waals surface area contributed by atoms with E-state index in [1.165, 1.54) is 12.0 Å². The van der Waals surface area contributed by atoms with Gasteiger partial charge in [0, 0.05) is 43.1 Å². The van der Waals surface area contributed by atoms with Crippen LogP contribution in [0.3, 0.4) is 0 Å². The second-order valence-corrected chi connectivity index (χ2v) is 6.94. The molecule has 5 heterocycles. The molecular formula is C21H20N6. The Morgan fingerprint density at radius 1 is 0.889 bits per heavy atom. The van der Waals surface area contributed by atoms with Gasteiger partial charge >= 0.3 is 0 Å². The van der Waals surface area contributed by atoms with E-state index in [9.17, 15) is 0 Å². The standard InChI is InChI=1S/C21H20N6/c1-2-19(26(13-1)14-16-5-9-22-10-6-16)21-20-4-3-18(15-27(20)25-24-21)17-7-11-23-12-8-17/h3-12,15,19H,1-2,13-14H2/t19-/m0/s1. The van der Waals surface area contributed by atoms with Gasteiger partial charge in [0.1, 0.15) is 5.69 Å². The first kappa shape index (κ1) is 16.1. The number of hydrogen-bond donors (Lipinski definition) is 0. The first-order chi connectivity index (χ1) is 13.4. The molecule has 0 radical (unpaired) electrons. The van der Waals surface area contributed by atoms with E-state index in [-0.39, 0.29) is 0 Å². The fraction of sp³-hybridized carbons (Fsp3) is 0.238. The third kappa shape index (κ3) is 3.08. The molecule has 1 atom stereocenters. The van der Waals surface area contributed by atoms with Crippen LogP contribution >= 0.6 is 0 Å². The summed E-state index contributed by atoms with van der Waals surface area (Å²) in [6.07, 6.45) is 11.7. The van der Waals surface area contributed by atoms with Gasteiger partial charge in [-0.1, -0.05) is 11.3 Å². The van der Waals surface area contributed by atoms with Crippen LogP contribution in [0.1, 0.15) is 30.1 Å². The highest BCUT2D eigenvalue weighted by Crippen LogP contribution is 2.34. The molecule has 1 aliphatic rings. The molecule has 6 nitrogen and oxygen atoms in total. The fourth-order valence-corrected chi connectivity index (χ4v) is 3.91. The maximum Gasteiger partial charge on any atom is 0.108 e. The summed E-state index contributed by atoms with van der Waals surface area (Å²) in [4.78, 5) is 10.7. The molecule has 0 bridgehead atoms. The quantitative estimate of drug-likeness (QED) is 0.560. The lowest BCUT2D eigenvalue weighted by atomic mass is 10.1. The molecule has 0 amide bonds. The van der Waals surface area contributed by atoms with Crippen molar-refractivity contribution in [2.75, 3.05) is 6.54 Å². The van der Waals surface area contributed by atoms with Gasteiger partial charge in [0.25, 0.3) is 0 Å². The number of pyridine rings is 3. The summed E-state index contributed by atoms with van der Waals surface area (Å²) in [5.74, 6) is 0. The number of hydrogen-bond acceptors (Lipinski definition) is 5. The number of aromatic nitrogens is 5. The van der Waals surface area contributed by atoms with Gasteiger partial charge in [-0.2, -0.15) is 0 Å². The summed E-state index contributed by atoms with van der Waals surface area (Å²) in [6, 6.07) is 12.8. The third-order valence-electron chi connectivity index (χ3n) is 5.27. The number of likely N-dealkylation sites (tertiary alicyclic amines) is 1. The first-order valence-electron chi connectivity index (χ1n) is 9.27. The first-order valence-corrected chi connectivity index (χ1v) is 9.27. The zero-order valence-electron chi connectivity index (χ0n) is 14.9. The predicted octanol–water partition coefficient (Wildman–Crippen LogP) is 3.52. The molecule has 1 aliphatic heterocycles. The lowest BCUT2D eigenvalue weighted by molar-refractivity contribution is 0.245. The van der Waals surface area contributed by atoms with E-state index in [2.05, 4.69) is 49.4 Å². The van der Waals surface area contributed by atoms with Crippen LogP contribution in [-0.4, -0.2) is 36.2 Å². The zero-order chi connectivity index (χ0) is 18.1. The predicted molar refractivity (Wildman–Crippen MR) is 103 cm³/mol. The van der Waals surface area contributed by atoms with Crippen molar-refractivity contribution in [3.63, 3.8) is 0 Å². The van der Waals surface area contributed by atoms with Crippen molar-refractivity contribution in [2.24, 2.45) is 0 Å². The fourth-order valence-electron chi connectivity index (χ4n) is 3.91. The van der Waals surface area contributed by atoms with Gasteiger partial charge in [-0.15, -0.1) is 5.10 Å². The molecule has 5 rings (SSSR count). The van der Waals surface area contributed by atoms with E-state index in [1.807, 2.05) is 47.6 Å². The molecule has 0 saturated carbocycles. The second-order valence-electron chi connectivity index (χ2n) is 6.94. The highest BCUT2D eigenvalue weighted by Gasteiger charge is 2.29. The molecule has 0 aromatic carbocycles. The van der Waals surface area contributed by atoms with Gasteiger partial charge in [-0.3, -0.25) is 14.9 Å². The lowest BCUT2D eigenvalue weighted by Gasteiger charge is -2.23. The molecule has 0 spiro atoms. The van der Waals surface area contributed by atoms with E-state index in [0.717, 1.165) is 41.8 Å². The topological polar surface area (TPSA) is 59.2 Å². The smallest absolute Gasteiger partial charge is 0.108 e. The Kier molecular flexibility index (Phi) is 4.10. The van der Waals surface area contributed by atoms with Crippen molar-refractivity contribution < 1.29 is 0 Å². The Morgan fingerprint density at radius 3 is 2.48 bits per heavy atom. The van der Waals surface area contributed by atoms with E-state index >= 15 is 0 Å². The largest absolute Gasteiger partial charge is 0.290 e. The maximum atomic E-state index is 4.55. The van der Waals surface area contributed by atoms with Gasteiger partial charge in [0.15, 0.2) is 0 Å².